The van der Waals surface area contributed by atoms with Gasteiger partial charge in [0.05, 0.1) is 0 Å². The van der Waals surface area contributed by atoms with Gasteiger partial charge in [0.15, 0.2) is 0 Å². The van der Waals surface area contributed by atoms with Crippen LogP contribution in [0.2, 0.25) is 0 Å². The van der Waals surface area contributed by atoms with E-state index < -0.39 is 0 Å². The highest BCUT2D eigenvalue weighted by Gasteiger charge is 1.97. The first-order valence-electron chi connectivity index (χ1n) is 8.60. The van der Waals surface area contributed by atoms with E-state index in [1.165, 1.54) is 0 Å². The predicted molar refractivity (Wildman–Crippen MR) is 112 cm³/mol. The lowest BCUT2D eigenvalue weighted by atomic mass is 10.2. The molecule has 0 radical (unpaired) electrons. The highest BCUT2D eigenvalue weighted by molar-refractivity contribution is 5.99. The van der Waals surface area contributed by atoms with Crippen molar-refractivity contribution >= 4 is 34.2 Å². The fourth-order valence-corrected chi connectivity index (χ4v) is 2.80. The number of fused-ring (bicyclic) bond motifs is 2. The molecule has 0 fully saturated rings. The van der Waals surface area contributed by atoms with Gasteiger partial charge in [-0.05, 0) is 26.0 Å². The molecule has 0 aliphatic carbocycles. The van der Waals surface area contributed by atoms with Crippen LogP contribution in [-0.4, -0.2) is 11.4 Å². The molecule has 0 bridgehead atoms. The van der Waals surface area contributed by atoms with E-state index in [4.69, 9.17) is 20.6 Å². The molecule has 132 valence electrons. The number of para-hydroxylation sites is 4. The van der Waals surface area contributed by atoms with Crippen molar-refractivity contribution in [1.29, 1.82) is 0 Å². The van der Waals surface area contributed by atoms with Crippen molar-refractivity contribution in [1.82, 2.24) is 0 Å². The molecule has 26 heavy (non-hydrogen) atoms. The second-order valence-corrected chi connectivity index (χ2v) is 6.28. The van der Waals surface area contributed by atoms with Gasteiger partial charge in [-0.2, -0.15) is 11.4 Å². The fourth-order valence-electron chi connectivity index (χ4n) is 2.80. The average Bonchev–Trinajstić information content (AvgIpc) is 2.57. The third-order valence-corrected chi connectivity index (χ3v) is 3.79. The number of benzene rings is 2. The molecule has 0 saturated carbocycles. The number of nitrogens with zero attached hydrogens (tertiary/aromatic N) is 4. The smallest absolute Gasteiger partial charge is 0.0486 e. The molecule has 1 heterocycles. The van der Waals surface area contributed by atoms with Crippen molar-refractivity contribution in [3.05, 3.63) is 82.7 Å². The van der Waals surface area contributed by atoms with Gasteiger partial charge in [-0.3, -0.25) is 9.98 Å². The molecule has 2 aromatic carbocycles. The first-order chi connectivity index (χ1) is 12.5. The van der Waals surface area contributed by atoms with Gasteiger partial charge in [-0.1, -0.05) is 62.4 Å². The standard InChI is InChI=1S/C22H22N4/c1-15-13-16(2)24-21-11-7-8-12-22(21)26-18(4)14-17(3)25-20-10-6-5-9-19(20)23-15/h5-14H,1-4H3/q-2/b15-13-,18-14-,24-16?,25-17?. The highest BCUT2D eigenvalue weighted by atomic mass is 14.9. The largest absolute Gasteiger partial charge is 0.660 e. The molecule has 4 heteroatoms. The molecule has 0 spiro atoms. The van der Waals surface area contributed by atoms with Crippen LogP contribution in [0, 0.1) is 0 Å². The lowest BCUT2D eigenvalue weighted by Gasteiger charge is -2.27. The number of hydrogen-bond donors (Lipinski definition) is 0. The first-order valence-corrected chi connectivity index (χ1v) is 8.60. The van der Waals surface area contributed by atoms with Crippen LogP contribution in [-0.2, 0) is 0 Å². The Morgan fingerprint density at radius 1 is 0.577 bits per heavy atom. The maximum Gasteiger partial charge on any atom is 0.0486 e. The minimum Gasteiger partial charge on any atom is -0.660 e. The summed E-state index contributed by atoms with van der Waals surface area (Å²) in [5.41, 5.74) is 6.88. The molecule has 1 aliphatic rings. The van der Waals surface area contributed by atoms with Crippen LogP contribution in [0.25, 0.3) is 10.6 Å². The molecular formula is C22H22N4-2. The van der Waals surface area contributed by atoms with Crippen molar-refractivity contribution in [2.75, 3.05) is 0 Å². The summed E-state index contributed by atoms with van der Waals surface area (Å²) in [6.07, 6.45) is 3.94. The molecule has 0 amide bonds. The van der Waals surface area contributed by atoms with E-state index in [0.29, 0.717) is 0 Å². The summed E-state index contributed by atoms with van der Waals surface area (Å²) >= 11 is 0. The summed E-state index contributed by atoms with van der Waals surface area (Å²) in [7, 11) is 0. The highest BCUT2D eigenvalue weighted by Crippen LogP contribution is 2.36. The van der Waals surface area contributed by atoms with Gasteiger partial charge in [0.1, 0.15) is 0 Å². The third kappa shape index (κ3) is 4.48. The van der Waals surface area contributed by atoms with Crippen LogP contribution in [0.4, 0.5) is 22.7 Å². The van der Waals surface area contributed by atoms with Crippen LogP contribution in [0.3, 0.4) is 0 Å². The van der Waals surface area contributed by atoms with E-state index >= 15 is 0 Å². The lowest BCUT2D eigenvalue weighted by molar-refractivity contribution is 1.39. The number of allylic oxidation sites excluding steroid dienone is 4. The van der Waals surface area contributed by atoms with Gasteiger partial charge in [-0.15, -0.1) is 11.4 Å². The maximum absolute atomic E-state index is 4.72. The minimum atomic E-state index is 0.842. The summed E-state index contributed by atoms with van der Waals surface area (Å²) < 4.78 is 0. The molecule has 0 N–H and O–H groups in total. The topological polar surface area (TPSA) is 52.9 Å². The van der Waals surface area contributed by atoms with E-state index in [1.807, 2.05) is 88.4 Å². The van der Waals surface area contributed by atoms with Gasteiger partial charge in [0, 0.05) is 22.8 Å². The Balaban J connectivity index is 2.13. The molecular weight excluding hydrogens is 320 g/mol. The molecule has 0 unspecified atom stereocenters. The van der Waals surface area contributed by atoms with Gasteiger partial charge < -0.3 is 10.6 Å². The van der Waals surface area contributed by atoms with E-state index in [1.54, 1.807) is 0 Å². The first kappa shape index (κ1) is 17.7. The van der Waals surface area contributed by atoms with Gasteiger partial charge in [0.2, 0.25) is 0 Å². The van der Waals surface area contributed by atoms with Crippen LogP contribution < -0.4 is 0 Å². The van der Waals surface area contributed by atoms with Crippen molar-refractivity contribution in [2.24, 2.45) is 9.98 Å². The lowest BCUT2D eigenvalue weighted by Crippen LogP contribution is -1.90. The van der Waals surface area contributed by atoms with Crippen LogP contribution in [0.1, 0.15) is 27.7 Å². The minimum absolute atomic E-state index is 0.842. The van der Waals surface area contributed by atoms with Gasteiger partial charge in [0.25, 0.3) is 0 Å². The quantitative estimate of drug-likeness (QED) is 0.479. The Morgan fingerprint density at radius 2 is 0.962 bits per heavy atom. The molecule has 0 atom stereocenters. The maximum atomic E-state index is 4.72. The Kier molecular flexibility index (Phi) is 5.32. The Morgan fingerprint density at radius 3 is 1.38 bits per heavy atom. The zero-order valence-corrected chi connectivity index (χ0v) is 15.6. The van der Waals surface area contributed by atoms with Crippen LogP contribution >= 0.6 is 0 Å². The van der Waals surface area contributed by atoms with Crippen LogP contribution in [0.15, 0.2) is 82.1 Å². The Bertz CT molecular complexity index is 855. The van der Waals surface area contributed by atoms with E-state index in [0.717, 1.165) is 45.6 Å². The molecule has 4 nitrogen and oxygen atoms in total. The molecule has 3 rings (SSSR count). The Hall–Kier alpha value is -3.14. The second kappa shape index (κ2) is 7.83. The third-order valence-electron chi connectivity index (χ3n) is 3.79. The summed E-state index contributed by atoms with van der Waals surface area (Å²) in [4.78, 5) is 9.43. The second-order valence-electron chi connectivity index (χ2n) is 6.28. The molecule has 0 aromatic heterocycles. The summed E-state index contributed by atoms with van der Waals surface area (Å²) in [6.45, 7) is 7.88. The number of hydrogen-bond acceptors (Lipinski definition) is 2. The fraction of sp³-hybridized carbons (Fsp3) is 0.182. The molecule has 1 aliphatic heterocycles. The number of rotatable bonds is 0. The predicted octanol–water partition coefficient (Wildman–Crippen LogP) is 7.40. The van der Waals surface area contributed by atoms with E-state index in [-0.39, 0.29) is 0 Å². The van der Waals surface area contributed by atoms with Crippen molar-refractivity contribution < 1.29 is 0 Å². The van der Waals surface area contributed by atoms with Gasteiger partial charge in [-0.25, -0.2) is 0 Å². The zero-order chi connectivity index (χ0) is 18.5. The van der Waals surface area contributed by atoms with E-state index in [9.17, 15) is 0 Å². The van der Waals surface area contributed by atoms with Crippen LogP contribution in [0.5, 0.6) is 0 Å². The average molecular weight is 342 g/mol. The van der Waals surface area contributed by atoms with Crippen molar-refractivity contribution in [3.63, 3.8) is 0 Å². The van der Waals surface area contributed by atoms with Gasteiger partial charge >= 0.3 is 0 Å². The zero-order valence-electron chi connectivity index (χ0n) is 15.6. The summed E-state index contributed by atoms with van der Waals surface area (Å²) in [5.74, 6) is 0. The molecule has 2 aromatic rings. The van der Waals surface area contributed by atoms with Crippen molar-refractivity contribution in [3.8, 4) is 0 Å². The SMILES string of the molecule is CC1=Nc2ccccc2[N-]/C(C)=C\C(C)=Nc2ccccc2[N-]/C(C)=C\1. The van der Waals surface area contributed by atoms with Crippen molar-refractivity contribution in [2.45, 2.75) is 27.7 Å². The van der Waals surface area contributed by atoms with E-state index in [2.05, 4.69) is 0 Å². The number of aliphatic imine (C=N–C) groups is 2. The normalized spacial score (nSPS) is 18.9. The Labute approximate surface area is 155 Å². The monoisotopic (exact) mass is 342 g/mol. The molecule has 0 saturated heterocycles. The summed E-state index contributed by atoms with van der Waals surface area (Å²) in [6, 6.07) is 15.8. The summed E-state index contributed by atoms with van der Waals surface area (Å²) in [5, 5.41) is 9.43.